The zero-order valence-corrected chi connectivity index (χ0v) is 9.03. The summed E-state index contributed by atoms with van der Waals surface area (Å²) in [7, 11) is 2.13. The van der Waals surface area contributed by atoms with Crippen LogP contribution >= 0.6 is 0 Å². The third-order valence-electron chi connectivity index (χ3n) is 3.43. The van der Waals surface area contributed by atoms with E-state index in [9.17, 15) is 0 Å². The minimum Gasteiger partial charge on any atom is -0.350 e. The van der Waals surface area contributed by atoms with E-state index in [1.807, 2.05) is 0 Å². The molecule has 0 amide bonds. The molecule has 2 nitrogen and oxygen atoms in total. The fourth-order valence-corrected chi connectivity index (χ4v) is 2.62. The summed E-state index contributed by atoms with van der Waals surface area (Å²) in [5, 5.41) is 4.86. The molecule has 15 heavy (non-hydrogen) atoms. The second-order valence-electron chi connectivity index (χ2n) is 4.40. The molecule has 0 bridgehead atoms. The summed E-state index contributed by atoms with van der Waals surface area (Å²) in [4.78, 5) is 0. The van der Waals surface area contributed by atoms with Crippen molar-refractivity contribution in [3.05, 3.63) is 36.0 Å². The van der Waals surface area contributed by atoms with Crippen molar-refractivity contribution in [2.24, 2.45) is 7.05 Å². The van der Waals surface area contributed by atoms with E-state index in [-0.39, 0.29) is 0 Å². The number of nitrogens with zero attached hydrogens (tertiary/aromatic N) is 1. The molecule has 1 saturated heterocycles. The first-order valence-corrected chi connectivity index (χ1v) is 5.61. The number of benzene rings is 1. The SMILES string of the molecule is Cn1cc(C2CCNC2)c2ccccc21. The molecule has 1 fully saturated rings. The maximum atomic E-state index is 3.44. The van der Waals surface area contributed by atoms with Gasteiger partial charge in [0.25, 0.3) is 0 Å². The second-order valence-corrected chi connectivity index (χ2v) is 4.40. The van der Waals surface area contributed by atoms with Gasteiger partial charge >= 0.3 is 0 Å². The molecule has 2 heteroatoms. The Bertz CT molecular complexity index is 478. The molecular formula is C13H16N2. The molecule has 78 valence electrons. The summed E-state index contributed by atoms with van der Waals surface area (Å²) in [5.41, 5.74) is 2.86. The van der Waals surface area contributed by atoms with Crippen molar-refractivity contribution in [1.29, 1.82) is 0 Å². The molecule has 0 saturated carbocycles. The van der Waals surface area contributed by atoms with Gasteiger partial charge in [-0.2, -0.15) is 0 Å². The Morgan fingerprint density at radius 2 is 2.20 bits per heavy atom. The van der Waals surface area contributed by atoms with Gasteiger partial charge in [0.2, 0.25) is 0 Å². The number of hydrogen-bond acceptors (Lipinski definition) is 1. The smallest absolute Gasteiger partial charge is 0.0480 e. The van der Waals surface area contributed by atoms with E-state index in [2.05, 4.69) is 47.4 Å². The highest BCUT2D eigenvalue weighted by Gasteiger charge is 2.20. The number of nitrogens with one attached hydrogen (secondary N) is 1. The van der Waals surface area contributed by atoms with Gasteiger partial charge in [-0.05, 0) is 30.5 Å². The standard InChI is InChI=1S/C13H16N2/c1-15-9-12(10-6-7-14-8-10)11-4-2-3-5-13(11)15/h2-5,9-10,14H,6-8H2,1H3. The van der Waals surface area contributed by atoms with Crippen molar-refractivity contribution in [1.82, 2.24) is 9.88 Å². The van der Waals surface area contributed by atoms with Crippen LogP contribution in [0.15, 0.2) is 30.5 Å². The summed E-state index contributed by atoms with van der Waals surface area (Å²) in [6.45, 7) is 2.29. The fourth-order valence-electron chi connectivity index (χ4n) is 2.62. The van der Waals surface area contributed by atoms with Gasteiger partial charge in [0.05, 0.1) is 0 Å². The van der Waals surface area contributed by atoms with Crippen molar-refractivity contribution in [2.75, 3.05) is 13.1 Å². The third kappa shape index (κ3) is 1.37. The molecule has 2 heterocycles. The lowest BCUT2D eigenvalue weighted by Crippen LogP contribution is -2.07. The van der Waals surface area contributed by atoms with E-state index < -0.39 is 0 Å². The molecule has 1 aromatic carbocycles. The monoisotopic (exact) mass is 200 g/mol. The molecule has 1 aromatic heterocycles. The fraction of sp³-hybridized carbons (Fsp3) is 0.385. The van der Waals surface area contributed by atoms with E-state index in [0.717, 1.165) is 13.1 Å². The molecule has 0 spiro atoms. The summed E-state index contributed by atoms with van der Waals surface area (Å²) >= 11 is 0. The van der Waals surface area contributed by atoms with Crippen LogP contribution in [0.1, 0.15) is 17.9 Å². The van der Waals surface area contributed by atoms with Gasteiger partial charge in [-0.15, -0.1) is 0 Å². The van der Waals surface area contributed by atoms with Crippen molar-refractivity contribution in [3.63, 3.8) is 0 Å². The normalized spacial score (nSPS) is 21.3. The Hall–Kier alpha value is -1.28. The minimum atomic E-state index is 0.705. The summed E-state index contributed by atoms with van der Waals surface area (Å²) in [6, 6.07) is 8.68. The minimum absolute atomic E-state index is 0.705. The number of hydrogen-bond donors (Lipinski definition) is 1. The van der Waals surface area contributed by atoms with Gasteiger partial charge in [0.15, 0.2) is 0 Å². The topological polar surface area (TPSA) is 17.0 Å². The maximum absolute atomic E-state index is 3.44. The van der Waals surface area contributed by atoms with Crippen LogP contribution in [0, 0.1) is 0 Å². The number of fused-ring (bicyclic) bond motifs is 1. The van der Waals surface area contributed by atoms with E-state index in [1.54, 1.807) is 0 Å². The highest BCUT2D eigenvalue weighted by atomic mass is 14.9. The van der Waals surface area contributed by atoms with Gasteiger partial charge in [-0.3, -0.25) is 0 Å². The van der Waals surface area contributed by atoms with Crippen molar-refractivity contribution >= 4 is 10.9 Å². The van der Waals surface area contributed by atoms with Crippen LogP contribution in [0.2, 0.25) is 0 Å². The lowest BCUT2D eigenvalue weighted by Gasteiger charge is -2.05. The zero-order valence-electron chi connectivity index (χ0n) is 9.03. The first kappa shape index (κ1) is 8.98. The Balaban J connectivity index is 2.17. The first-order valence-electron chi connectivity index (χ1n) is 5.61. The molecule has 1 atom stereocenters. The van der Waals surface area contributed by atoms with Gasteiger partial charge in [0, 0.05) is 30.7 Å². The van der Waals surface area contributed by atoms with Gasteiger partial charge in [-0.1, -0.05) is 18.2 Å². The molecule has 0 radical (unpaired) electrons. The summed E-state index contributed by atoms with van der Waals surface area (Å²) in [5.74, 6) is 0.705. The average molecular weight is 200 g/mol. The molecule has 1 aliphatic rings. The lowest BCUT2D eigenvalue weighted by molar-refractivity contribution is 0.763. The predicted molar refractivity (Wildman–Crippen MR) is 63.1 cm³/mol. The predicted octanol–water partition coefficient (Wildman–Crippen LogP) is 2.26. The number of para-hydroxylation sites is 1. The lowest BCUT2D eigenvalue weighted by atomic mass is 9.98. The summed E-state index contributed by atoms with van der Waals surface area (Å²) in [6.07, 6.45) is 3.57. The Labute approximate surface area is 89.9 Å². The number of aromatic nitrogens is 1. The van der Waals surface area contributed by atoms with Gasteiger partial charge in [-0.25, -0.2) is 0 Å². The van der Waals surface area contributed by atoms with Gasteiger partial charge < -0.3 is 9.88 Å². The molecule has 1 unspecified atom stereocenters. The zero-order chi connectivity index (χ0) is 10.3. The summed E-state index contributed by atoms with van der Waals surface area (Å²) < 4.78 is 2.24. The maximum Gasteiger partial charge on any atom is 0.0480 e. The molecule has 1 aliphatic heterocycles. The van der Waals surface area contributed by atoms with E-state index in [1.165, 1.54) is 22.9 Å². The molecular weight excluding hydrogens is 184 g/mol. The quantitative estimate of drug-likeness (QED) is 0.747. The molecule has 1 N–H and O–H groups in total. The third-order valence-corrected chi connectivity index (χ3v) is 3.43. The van der Waals surface area contributed by atoms with Crippen LogP contribution < -0.4 is 5.32 Å². The number of rotatable bonds is 1. The van der Waals surface area contributed by atoms with Gasteiger partial charge in [0.1, 0.15) is 0 Å². The highest BCUT2D eigenvalue weighted by Crippen LogP contribution is 2.30. The Kier molecular flexibility index (Phi) is 2.03. The van der Waals surface area contributed by atoms with Crippen molar-refractivity contribution in [3.8, 4) is 0 Å². The van der Waals surface area contributed by atoms with Crippen LogP contribution in [0.4, 0.5) is 0 Å². The highest BCUT2D eigenvalue weighted by molar-refractivity contribution is 5.84. The van der Waals surface area contributed by atoms with Crippen LogP contribution in [0.5, 0.6) is 0 Å². The van der Waals surface area contributed by atoms with Crippen molar-refractivity contribution in [2.45, 2.75) is 12.3 Å². The van der Waals surface area contributed by atoms with E-state index in [0.29, 0.717) is 5.92 Å². The first-order chi connectivity index (χ1) is 7.36. The molecule has 0 aliphatic carbocycles. The van der Waals surface area contributed by atoms with Crippen LogP contribution in [0.3, 0.4) is 0 Å². The molecule has 3 rings (SSSR count). The van der Waals surface area contributed by atoms with Crippen LogP contribution in [-0.2, 0) is 7.05 Å². The molecule has 2 aromatic rings. The number of aryl methyl sites for hydroxylation is 1. The van der Waals surface area contributed by atoms with Crippen LogP contribution in [0.25, 0.3) is 10.9 Å². The Morgan fingerprint density at radius 3 is 3.00 bits per heavy atom. The van der Waals surface area contributed by atoms with E-state index in [4.69, 9.17) is 0 Å². The van der Waals surface area contributed by atoms with Crippen molar-refractivity contribution < 1.29 is 0 Å². The second kappa shape index (κ2) is 3.38. The largest absolute Gasteiger partial charge is 0.350 e. The van der Waals surface area contributed by atoms with Crippen LogP contribution in [-0.4, -0.2) is 17.7 Å². The van der Waals surface area contributed by atoms with E-state index >= 15 is 0 Å². The average Bonchev–Trinajstić information content (AvgIpc) is 2.87. The Morgan fingerprint density at radius 1 is 1.33 bits per heavy atom.